The normalized spacial score (nSPS) is 13.5. The van der Waals surface area contributed by atoms with Crippen molar-refractivity contribution in [1.29, 1.82) is 0 Å². The van der Waals surface area contributed by atoms with E-state index in [0.29, 0.717) is 11.3 Å². The smallest absolute Gasteiger partial charge is 0.251 e. The van der Waals surface area contributed by atoms with Crippen molar-refractivity contribution in [2.24, 2.45) is 5.92 Å². The van der Waals surface area contributed by atoms with E-state index in [2.05, 4.69) is 5.32 Å². The number of carbonyl (C=O) groups is 2. The van der Waals surface area contributed by atoms with Crippen LogP contribution in [0.3, 0.4) is 0 Å². The second-order valence-corrected chi connectivity index (χ2v) is 5.93. The minimum Gasteiger partial charge on any atom is -0.342 e. The van der Waals surface area contributed by atoms with Crippen molar-refractivity contribution >= 4 is 23.7 Å². The maximum Gasteiger partial charge on any atom is 0.251 e. The van der Waals surface area contributed by atoms with Gasteiger partial charge in [-0.2, -0.15) is 0 Å². The summed E-state index contributed by atoms with van der Waals surface area (Å²) in [5.41, 5.74) is 1.58. The Kier molecular flexibility index (Phi) is 7.47. The van der Waals surface area contributed by atoms with Crippen LogP contribution in [0.4, 0.5) is 0 Å². The lowest BCUT2D eigenvalue weighted by atomic mass is 9.95. The van der Waals surface area contributed by atoms with E-state index in [1.807, 2.05) is 32.0 Å². The molecular weight excluding hydrogens is 286 g/mol. The van der Waals surface area contributed by atoms with E-state index in [1.165, 1.54) is 19.0 Å². The third-order valence-electron chi connectivity index (χ3n) is 3.47. The van der Waals surface area contributed by atoms with Crippen molar-refractivity contribution in [1.82, 2.24) is 5.32 Å². The van der Waals surface area contributed by atoms with Gasteiger partial charge >= 0.3 is 0 Å². The third kappa shape index (κ3) is 5.52. The largest absolute Gasteiger partial charge is 0.342 e. The van der Waals surface area contributed by atoms with E-state index in [0.717, 1.165) is 12.0 Å². The molecule has 1 amide bonds. The van der Waals surface area contributed by atoms with E-state index in [1.54, 1.807) is 13.2 Å². The zero-order valence-corrected chi connectivity index (χ0v) is 13.8. The van der Waals surface area contributed by atoms with Gasteiger partial charge in [0.05, 0.1) is 13.2 Å². The van der Waals surface area contributed by atoms with Crippen LogP contribution in [-0.2, 0) is 14.7 Å². The maximum atomic E-state index is 12.3. The molecule has 1 N–H and O–H groups in total. The molecule has 0 bridgehead atoms. The van der Waals surface area contributed by atoms with Gasteiger partial charge in [0.25, 0.3) is 5.91 Å². The molecule has 0 aliphatic rings. The van der Waals surface area contributed by atoms with E-state index < -0.39 is 6.04 Å². The number of hydrogen-bond acceptors (Lipinski definition) is 4. The highest BCUT2D eigenvalue weighted by molar-refractivity contribution is 7.93. The second-order valence-electron chi connectivity index (χ2n) is 5.08. The molecule has 0 spiro atoms. The fourth-order valence-electron chi connectivity index (χ4n) is 2.03. The minimum absolute atomic E-state index is 0.0104. The first-order valence-electron chi connectivity index (χ1n) is 7.05. The van der Waals surface area contributed by atoms with Gasteiger partial charge in [-0.05, 0) is 42.6 Å². The molecule has 1 aromatic rings. The molecule has 0 heterocycles. The highest BCUT2D eigenvalue weighted by Gasteiger charge is 2.23. The van der Waals surface area contributed by atoms with Gasteiger partial charge in [-0.25, -0.2) is 0 Å². The number of ketones is 1. The van der Waals surface area contributed by atoms with Gasteiger partial charge in [-0.1, -0.05) is 32.4 Å². The first-order valence-corrected chi connectivity index (χ1v) is 7.96. The van der Waals surface area contributed by atoms with Gasteiger partial charge in [-0.15, -0.1) is 0 Å². The van der Waals surface area contributed by atoms with Crippen molar-refractivity contribution in [3.63, 3.8) is 0 Å². The Balaban J connectivity index is 2.80. The molecule has 21 heavy (non-hydrogen) atoms. The summed E-state index contributed by atoms with van der Waals surface area (Å²) in [6.07, 6.45) is 0.842. The fraction of sp³-hybridized carbons (Fsp3) is 0.500. The fourth-order valence-corrected chi connectivity index (χ4v) is 2.47. The molecule has 0 aromatic heterocycles. The predicted octanol–water partition coefficient (Wildman–Crippen LogP) is 3.21. The van der Waals surface area contributed by atoms with Crippen molar-refractivity contribution in [2.75, 3.05) is 7.11 Å². The number of rotatable bonds is 8. The molecule has 4 nitrogen and oxygen atoms in total. The van der Waals surface area contributed by atoms with Crippen LogP contribution < -0.4 is 5.32 Å². The highest BCUT2D eigenvalue weighted by atomic mass is 32.2. The number of Topliss-reactive ketones (excluding diaryl/α,β-unsaturated/α-hetero) is 1. The lowest BCUT2D eigenvalue weighted by Crippen LogP contribution is -2.44. The maximum absolute atomic E-state index is 12.3. The van der Waals surface area contributed by atoms with Gasteiger partial charge in [-0.3, -0.25) is 9.59 Å². The molecule has 0 aliphatic carbocycles. The lowest BCUT2D eigenvalue weighted by molar-refractivity contribution is -0.119. The van der Waals surface area contributed by atoms with E-state index in [4.69, 9.17) is 4.18 Å². The number of amides is 1. The molecule has 0 radical (unpaired) electrons. The van der Waals surface area contributed by atoms with E-state index >= 15 is 0 Å². The van der Waals surface area contributed by atoms with Gasteiger partial charge in [0.2, 0.25) is 0 Å². The first kappa shape index (κ1) is 17.7. The molecule has 5 heteroatoms. The minimum atomic E-state index is -0.431. The summed E-state index contributed by atoms with van der Waals surface area (Å²) in [6, 6.07) is 6.94. The zero-order chi connectivity index (χ0) is 15.8. The van der Waals surface area contributed by atoms with Crippen LogP contribution in [0.25, 0.3) is 0 Å². The quantitative estimate of drug-likeness (QED) is 0.749. The summed E-state index contributed by atoms with van der Waals surface area (Å²) in [6.45, 7) is 5.50. The van der Waals surface area contributed by atoms with E-state index in [-0.39, 0.29) is 17.6 Å². The summed E-state index contributed by atoms with van der Waals surface area (Å²) >= 11 is 1.32. The summed E-state index contributed by atoms with van der Waals surface area (Å²) in [5.74, 6) is 0.585. The zero-order valence-electron chi connectivity index (χ0n) is 13.0. The Labute approximate surface area is 130 Å². The molecule has 1 unspecified atom stereocenters. The molecule has 0 aliphatic heterocycles. The summed E-state index contributed by atoms with van der Waals surface area (Å²) in [5, 5.41) is 2.84. The number of benzene rings is 1. The van der Waals surface area contributed by atoms with Crippen LogP contribution in [0, 0.1) is 5.92 Å². The molecule has 1 aromatic carbocycles. The lowest BCUT2D eigenvalue weighted by Gasteiger charge is -2.21. The number of hydrogen-bond donors (Lipinski definition) is 1. The van der Waals surface area contributed by atoms with Crippen molar-refractivity contribution < 1.29 is 13.8 Å². The predicted molar refractivity (Wildman–Crippen MR) is 86.1 cm³/mol. The first-order chi connectivity index (χ1) is 9.99. The molecule has 1 rings (SSSR count). The Morgan fingerprint density at radius 1 is 1.38 bits per heavy atom. The van der Waals surface area contributed by atoms with Crippen molar-refractivity contribution in [2.45, 2.75) is 39.0 Å². The van der Waals surface area contributed by atoms with Crippen molar-refractivity contribution in [3.8, 4) is 0 Å². The number of carbonyl (C=O) groups excluding carboxylic acids is 2. The van der Waals surface area contributed by atoms with E-state index in [9.17, 15) is 9.59 Å². The molecule has 2 atom stereocenters. The standard InChI is InChI=1S/C16H23NO3S/c1-5-11(2)15(12(3)18)17-16(19)14-8-6-7-13(9-14)10-21-20-4/h6-9,11,15H,5,10H2,1-4H3,(H,17,19)/t11-,15?/m0/s1. The Bertz CT molecular complexity index is 490. The van der Waals surface area contributed by atoms with Gasteiger partial charge in [0, 0.05) is 11.3 Å². The highest BCUT2D eigenvalue weighted by Crippen LogP contribution is 2.15. The summed E-state index contributed by atoms with van der Waals surface area (Å²) < 4.78 is 4.96. The van der Waals surface area contributed by atoms with Crippen LogP contribution >= 0.6 is 12.0 Å². The van der Waals surface area contributed by atoms with Gasteiger partial charge < -0.3 is 9.50 Å². The number of nitrogens with one attached hydrogen (secondary N) is 1. The molecule has 0 saturated carbocycles. The van der Waals surface area contributed by atoms with Crippen LogP contribution in [-0.4, -0.2) is 24.8 Å². The van der Waals surface area contributed by atoms with Crippen LogP contribution in [0.5, 0.6) is 0 Å². The van der Waals surface area contributed by atoms with Crippen LogP contribution in [0.1, 0.15) is 43.1 Å². The average molecular weight is 309 g/mol. The second kappa shape index (κ2) is 8.85. The topological polar surface area (TPSA) is 55.4 Å². The molecule has 0 saturated heterocycles. The Hall–Kier alpha value is -1.33. The monoisotopic (exact) mass is 309 g/mol. The Morgan fingerprint density at radius 2 is 2.10 bits per heavy atom. The molecular formula is C16H23NO3S. The van der Waals surface area contributed by atoms with Crippen LogP contribution in [0.15, 0.2) is 24.3 Å². The molecule has 116 valence electrons. The summed E-state index contributed by atoms with van der Waals surface area (Å²) in [7, 11) is 1.62. The van der Waals surface area contributed by atoms with Crippen LogP contribution in [0.2, 0.25) is 0 Å². The Morgan fingerprint density at radius 3 is 2.67 bits per heavy atom. The van der Waals surface area contributed by atoms with Gasteiger partial charge in [0.1, 0.15) is 0 Å². The van der Waals surface area contributed by atoms with Gasteiger partial charge in [0.15, 0.2) is 5.78 Å². The van der Waals surface area contributed by atoms with Crippen molar-refractivity contribution in [3.05, 3.63) is 35.4 Å². The summed E-state index contributed by atoms with van der Waals surface area (Å²) in [4.78, 5) is 24.0. The SMILES string of the molecule is CC[C@H](C)C(NC(=O)c1cccc(CSOC)c1)C(C)=O. The molecule has 0 fully saturated rings. The average Bonchev–Trinajstić information content (AvgIpc) is 2.49. The third-order valence-corrected chi connectivity index (χ3v) is 4.16.